The van der Waals surface area contributed by atoms with Crippen LogP contribution in [0.3, 0.4) is 0 Å². The van der Waals surface area contributed by atoms with Gasteiger partial charge in [-0.2, -0.15) is 0 Å². The third-order valence-electron chi connectivity index (χ3n) is 3.86. The van der Waals surface area contributed by atoms with Crippen molar-refractivity contribution in [1.29, 1.82) is 0 Å². The highest BCUT2D eigenvalue weighted by Crippen LogP contribution is 2.28. The zero-order valence-electron chi connectivity index (χ0n) is 10.2. The van der Waals surface area contributed by atoms with Crippen LogP contribution in [-0.4, -0.2) is 37.0 Å². The van der Waals surface area contributed by atoms with Gasteiger partial charge in [-0.15, -0.1) is 0 Å². The lowest BCUT2D eigenvalue weighted by molar-refractivity contribution is -0.0248. The number of rotatable bonds is 5. The van der Waals surface area contributed by atoms with E-state index in [1.165, 1.54) is 32.1 Å². The lowest BCUT2D eigenvalue weighted by atomic mass is 10.0. The lowest BCUT2D eigenvalue weighted by Crippen LogP contribution is -2.37. The minimum Gasteiger partial charge on any atom is -0.391 e. The predicted molar refractivity (Wildman–Crippen MR) is 64.4 cm³/mol. The summed E-state index contributed by atoms with van der Waals surface area (Å²) in [4.78, 5) is 0. The summed E-state index contributed by atoms with van der Waals surface area (Å²) in [7, 11) is 0. The van der Waals surface area contributed by atoms with E-state index in [-0.39, 0.29) is 6.10 Å². The van der Waals surface area contributed by atoms with Gasteiger partial charge in [-0.05, 0) is 31.7 Å². The molecule has 2 N–H and O–H groups in total. The van der Waals surface area contributed by atoms with E-state index in [0.717, 1.165) is 31.8 Å². The van der Waals surface area contributed by atoms with Gasteiger partial charge in [0.1, 0.15) is 0 Å². The summed E-state index contributed by atoms with van der Waals surface area (Å²) in [5.41, 5.74) is 0. The largest absolute Gasteiger partial charge is 0.391 e. The van der Waals surface area contributed by atoms with Crippen LogP contribution in [0.1, 0.15) is 44.9 Å². The average molecular weight is 227 g/mol. The van der Waals surface area contributed by atoms with Crippen LogP contribution >= 0.6 is 0 Å². The maximum absolute atomic E-state index is 9.89. The van der Waals surface area contributed by atoms with E-state index in [1.54, 1.807) is 0 Å². The van der Waals surface area contributed by atoms with Crippen molar-refractivity contribution in [3.8, 4) is 0 Å². The Labute approximate surface area is 98.6 Å². The molecule has 0 spiro atoms. The number of nitrogens with one attached hydrogen (secondary N) is 1. The Hall–Kier alpha value is -0.120. The normalized spacial score (nSPS) is 29.4. The van der Waals surface area contributed by atoms with Crippen molar-refractivity contribution in [2.75, 3.05) is 19.7 Å². The molecule has 1 aliphatic carbocycles. The molecule has 2 unspecified atom stereocenters. The molecule has 2 rings (SSSR count). The summed E-state index contributed by atoms with van der Waals surface area (Å²) in [5.74, 6) is 0.753. The highest BCUT2D eigenvalue weighted by atomic mass is 16.5. The van der Waals surface area contributed by atoms with E-state index in [2.05, 4.69) is 5.32 Å². The molecule has 94 valence electrons. The van der Waals surface area contributed by atoms with Crippen LogP contribution in [-0.2, 0) is 4.74 Å². The highest BCUT2D eigenvalue weighted by Gasteiger charge is 2.20. The summed E-state index contributed by atoms with van der Waals surface area (Å²) < 4.78 is 5.74. The third kappa shape index (κ3) is 4.04. The Morgan fingerprint density at radius 1 is 1.19 bits per heavy atom. The molecule has 1 saturated heterocycles. The first-order valence-electron chi connectivity index (χ1n) is 6.85. The van der Waals surface area contributed by atoms with Crippen LogP contribution in [0.15, 0.2) is 0 Å². The molecule has 2 fully saturated rings. The molecule has 2 atom stereocenters. The van der Waals surface area contributed by atoms with Crippen LogP contribution in [0.25, 0.3) is 0 Å². The molecular weight excluding hydrogens is 202 g/mol. The second kappa shape index (κ2) is 6.58. The van der Waals surface area contributed by atoms with Gasteiger partial charge in [0.2, 0.25) is 0 Å². The Morgan fingerprint density at radius 2 is 2.00 bits per heavy atom. The predicted octanol–water partition coefficient (Wildman–Crippen LogP) is 1.70. The second-order valence-electron chi connectivity index (χ2n) is 5.34. The topological polar surface area (TPSA) is 41.5 Å². The molecule has 2 aliphatic rings. The van der Waals surface area contributed by atoms with Gasteiger partial charge in [0, 0.05) is 6.54 Å². The summed E-state index contributed by atoms with van der Waals surface area (Å²) in [6, 6.07) is 0. The molecule has 16 heavy (non-hydrogen) atoms. The van der Waals surface area contributed by atoms with Crippen LogP contribution in [0.2, 0.25) is 0 Å². The van der Waals surface area contributed by atoms with Crippen LogP contribution in [0, 0.1) is 5.92 Å². The fourth-order valence-electron chi connectivity index (χ4n) is 2.91. The SMILES string of the molecule is OC(COC1CCCNC1)CC1CCCC1. The van der Waals surface area contributed by atoms with Gasteiger partial charge >= 0.3 is 0 Å². The Bertz CT molecular complexity index is 186. The first-order valence-corrected chi connectivity index (χ1v) is 6.85. The minimum atomic E-state index is -0.245. The summed E-state index contributed by atoms with van der Waals surface area (Å²) in [6.45, 7) is 2.60. The number of piperidine rings is 1. The van der Waals surface area contributed by atoms with Crippen molar-refractivity contribution in [1.82, 2.24) is 5.32 Å². The van der Waals surface area contributed by atoms with Gasteiger partial charge in [0.25, 0.3) is 0 Å². The Kier molecular flexibility index (Phi) is 5.07. The number of hydrogen-bond acceptors (Lipinski definition) is 3. The van der Waals surface area contributed by atoms with Crippen molar-refractivity contribution < 1.29 is 9.84 Å². The van der Waals surface area contributed by atoms with Gasteiger partial charge < -0.3 is 15.2 Å². The number of aliphatic hydroxyl groups is 1. The van der Waals surface area contributed by atoms with E-state index in [1.807, 2.05) is 0 Å². The zero-order chi connectivity index (χ0) is 11.2. The summed E-state index contributed by atoms with van der Waals surface area (Å²) >= 11 is 0. The summed E-state index contributed by atoms with van der Waals surface area (Å²) in [6.07, 6.45) is 8.68. The molecule has 0 aromatic heterocycles. The molecule has 1 aliphatic heterocycles. The smallest absolute Gasteiger partial charge is 0.0776 e. The Balaban J connectivity index is 1.57. The fraction of sp³-hybridized carbons (Fsp3) is 1.00. The Morgan fingerprint density at radius 3 is 2.69 bits per heavy atom. The monoisotopic (exact) mass is 227 g/mol. The molecule has 3 nitrogen and oxygen atoms in total. The molecule has 1 saturated carbocycles. The summed E-state index contributed by atoms with van der Waals surface area (Å²) in [5, 5.41) is 13.2. The highest BCUT2D eigenvalue weighted by molar-refractivity contribution is 4.73. The number of ether oxygens (including phenoxy) is 1. The van der Waals surface area contributed by atoms with Gasteiger partial charge in [-0.3, -0.25) is 0 Å². The molecule has 0 aromatic rings. The standard InChI is InChI=1S/C13H25NO2/c15-12(8-11-4-1-2-5-11)10-16-13-6-3-7-14-9-13/h11-15H,1-10H2. The zero-order valence-corrected chi connectivity index (χ0v) is 10.2. The van der Waals surface area contributed by atoms with E-state index in [4.69, 9.17) is 4.74 Å². The quantitative estimate of drug-likeness (QED) is 0.751. The second-order valence-corrected chi connectivity index (χ2v) is 5.34. The van der Waals surface area contributed by atoms with Crippen molar-refractivity contribution >= 4 is 0 Å². The average Bonchev–Trinajstić information content (AvgIpc) is 2.81. The maximum Gasteiger partial charge on any atom is 0.0776 e. The third-order valence-corrected chi connectivity index (χ3v) is 3.86. The van der Waals surface area contributed by atoms with E-state index in [9.17, 15) is 5.11 Å². The fourth-order valence-corrected chi connectivity index (χ4v) is 2.91. The molecular formula is C13H25NO2. The van der Waals surface area contributed by atoms with Crippen LogP contribution < -0.4 is 5.32 Å². The van der Waals surface area contributed by atoms with Crippen molar-refractivity contribution in [2.45, 2.75) is 57.2 Å². The maximum atomic E-state index is 9.89. The van der Waals surface area contributed by atoms with Gasteiger partial charge in [-0.1, -0.05) is 25.7 Å². The molecule has 0 amide bonds. The van der Waals surface area contributed by atoms with Gasteiger partial charge in [-0.25, -0.2) is 0 Å². The van der Waals surface area contributed by atoms with E-state index in [0.29, 0.717) is 12.7 Å². The molecule has 3 heteroatoms. The molecule has 1 heterocycles. The van der Waals surface area contributed by atoms with Crippen molar-refractivity contribution in [2.24, 2.45) is 5.92 Å². The first-order chi connectivity index (χ1) is 7.84. The van der Waals surface area contributed by atoms with Crippen molar-refractivity contribution in [3.05, 3.63) is 0 Å². The lowest BCUT2D eigenvalue weighted by Gasteiger charge is -2.25. The first kappa shape index (κ1) is 12.3. The van der Waals surface area contributed by atoms with Crippen LogP contribution in [0.5, 0.6) is 0 Å². The molecule has 0 radical (unpaired) electrons. The minimum absolute atomic E-state index is 0.245. The van der Waals surface area contributed by atoms with E-state index >= 15 is 0 Å². The number of aliphatic hydroxyl groups excluding tert-OH is 1. The number of hydrogen-bond donors (Lipinski definition) is 2. The van der Waals surface area contributed by atoms with Crippen molar-refractivity contribution in [3.63, 3.8) is 0 Å². The van der Waals surface area contributed by atoms with E-state index < -0.39 is 0 Å². The van der Waals surface area contributed by atoms with Gasteiger partial charge in [0.05, 0.1) is 18.8 Å². The van der Waals surface area contributed by atoms with Gasteiger partial charge in [0.15, 0.2) is 0 Å². The molecule has 0 aromatic carbocycles. The van der Waals surface area contributed by atoms with Crippen LogP contribution in [0.4, 0.5) is 0 Å². The molecule has 0 bridgehead atoms.